The molecule has 2 N–H and O–H groups in total. The summed E-state index contributed by atoms with van der Waals surface area (Å²) in [6.45, 7) is 2.88. The van der Waals surface area contributed by atoms with Crippen LogP contribution in [0.5, 0.6) is 0 Å². The number of rotatable bonds is 5. The summed E-state index contributed by atoms with van der Waals surface area (Å²) in [7, 11) is 1.31. The van der Waals surface area contributed by atoms with E-state index in [1.54, 1.807) is 10.6 Å². The van der Waals surface area contributed by atoms with Crippen molar-refractivity contribution >= 4 is 17.6 Å². The second kappa shape index (κ2) is 9.14. The van der Waals surface area contributed by atoms with Gasteiger partial charge >= 0.3 is 6.09 Å². The minimum atomic E-state index is -0.839. The van der Waals surface area contributed by atoms with Gasteiger partial charge in [0, 0.05) is 19.2 Å². The largest absolute Gasteiger partial charge is 0.453 e. The van der Waals surface area contributed by atoms with Crippen molar-refractivity contribution in [2.75, 3.05) is 26.8 Å². The average Bonchev–Trinajstić information content (AvgIpc) is 3.09. The summed E-state index contributed by atoms with van der Waals surface area (Å²) in [5.41, 5.74) is 7.16. The lowest BCUT2D eigenvalue weighted by Crippen LogP contribution is -2.46. The maximum Gasteiger partial charge on any atom is 0.409 e. The van der Waals surface area contributed by atoms with Crippen LogP contribution in [0.1, 0.15) is 16.8 Å². The van der Waals surface area contributed by atoms with Gasteiger partial charge in [0.1, 0.15) is 17.3 Å². The molecule has 1 aromatic carbocycles. The van der Waals surface area contributed by atoms with Crippen LogP contribution >= 0.6 is 0 Å². The zero-order valence-electron chi connectivity index (χ0n) is 18.3. The number of pyridine rings is 1. The molecule has 3 aromatic rings. The fourth-order valence-corrected chi connectivity index (χ4v) is 4.10. The van der Waals surface area contributed by atoms with Gasteiger partial charge in [-0.3, -0.25) is 4.79 Å². The number of nitrogens with two attached hydrogens (primary N) is 1. The summed E-state index contributed by atoms with van der Waals surface area (Å²) < 4.78 is 42.6. The molecule has 1 aliphatic heterocycles. The van der Waals surface area contributed by atoms with E-state index in [1.807, 2.05) is 19.1 Å². The number of ether oxygens (including phenoxy) is 2. The Bertz CT molecular complexity index is 1200. The van der Waals surface area contributed by atoms with Crippen molar-refractivity contribution in [2.45, 2.75) is 25.9 Å². The van der Waals surface area contributed by atoms with Gasteiger partial charge in [-0.1, -0.05) is 0 Å². The molecule has 0 aliphatic carbocycles. The highest BCUT2D eigenvalue weighted by molar-refractivity contribution is 5.77. The van der Waals surface area contributed by atoms with E-state index in [2.05, 4.69) is 4.98 Å². The zero-order chi connectivity index (χ0) is 23.7. The number of nitrogens with zero attached hydrogens (tertiary/aromatic N) is 3. The second-order valence-electron chi connectivity index (χ2n) is 8.03. The minimum absolute atomic E-state index is 0.139. The van der Waals surface area contributed by atoms with E-state index in [-0.39, 0.29) is 36.2 Å². The number of amides is 2. The third-order valence-electron chi connectivity index (χ3n) is 5.59. The highest BCUT2D eigenvalue weighted by Crippen LogP contribution is 2.32. The SMILES string of the molecule is COC(=O)N1CCOC(Cc2c(-c3c(F)cc(CC(N)=O)cc3F)nc3cc(C)ccn23)C1. The Labute approximate surface area is 188 Å². The molecule has 8 nitrogen and oxygen atoms in total. The number of morpholine rings is 1. The van der Waals surface area contributed by atoms with Crippen LogP contribution in [0.3, 0.4) is 0 Å². The van der Waals surface area contributed by atoms with Gasteiger partial charge in [0.15, 0.2) is 0 Å². The van der Waals surface area contributed by atoms with Crippen molar-refractivity contribution < 1.29 is 27.8 Å². The number of imidazole rings is 1. The van der Waals surface area contributed by atoms with Gasteiger partial charge in [0.05, 0.1) is 49.7 Å². The van der Waals surface area contributed by atoms with Crippen molar-refractivity contribution in [1.82, 2.24) is 14.3 Å². The van der Waals surface area contributed by atoms with Gasteiger partial charge in [-0.15, -0.1) is 0 Å². The van der Waals surface area contributed by atoms with E-state index >= 15 is 8.78 Å². The number of aryl methyl sites for hydroxylation is 1. The Morgan fingerprint density at radius 1 is 1.27 bits per heavy atom. The van der Waals surface area contributed by atoms with Gasteiger partial charge in [0.25, 0.3) is 0 Å². The maximum absolute atomic E-state index is 15.1. The Morgan fingerprint density at radius 3 is 2.67 bits per heavy atom. The smallest absolute Gasteiger partial charge is 0.409 e. The first-order valence-corrected chi connectivity index (χ1v) is 10.5. The van der Waals surface area contributed by atoms with E-state index in [0.29, 0.717) is 24.5 Å². The molecule has 10 heteroatoms. The van der Waals surface area contributed by atoms with Crippen LogP contribution in [0.15, 0.2) is 30.5 Å². The summed E-state index contributed by atoms with van der Waals surface area (Å²) in [5.74, 6) is -2.36. The number of carbonyl (C=O) groups excluding carboxylic acids is 2. The lowest BCUT2D eigenvalue weighted by Gasteiger charge is -2.32. The summed E-state index contributed by atoms with van der Waals surface area (Å²) in [5, 5.41) is 0. The van der Waals surface area contributed by atoms with Crippen LogP contribution in [0.4, 0.5) is 13.6 Å². The molecule has 1 aliphatic rings. The molecule has 1 saturated heterocycles. The Kier molecular flexibility index (Phi) is 6.28. The molecule has 2 amide bonds. The Hall–Kier alpha value is -3.53. The zero-order valence-corrected chi connectivity index (χ0v) is 18.3. The first-order valence-electron chi connectivity index (χ1n) is 10.5. The monoisotopic (exact) mass is 458 g/mol. The molecule has 0 bridgehead atoms. The lowest BCUT2D eigenvalue weighted by atomic mass is 10.0. The third kappa shape index (κ3) is 4.65. The molecule has 33 heavy (non-hydrogen) atoms. The van der Waals surface area contributed by atoms with Crippen LogP contribution in [0.25, 0.3) is 16.9 Å². The minimum Gasteiger partial charge on any atom is -0.453 e. The predicted molar refractivity (Wildman–Crippen MR) is 116 cm³/mol. The van der Waals surface area contributed by atoms with Gasteiger partial charge < -0.3 is 24.5 Å². The molecule has 174 valence electrons. The van der Waals surface area contributed by atoms with Crippen LogP contribution < -0.4 is 5.73 Å². The number of fused-ring (bicyclic) bond motifs is 1. The van der Waals surface area contributed by atoms with Crippen LogP contribution in [0, 0.1) is 18.6 Å². The molecule has 1 fully saturated rings. The topological polar surface area (TPSA) is 99.2 Å². The predicted octanol–water partition coefficient (Wildman–Crippen LogP) is 2.63. The number of halogens is 2. The van der Waals surface area contributed by atoms with E-state index in [9.17, 15) is 9.59 Å². The molecular weight excluding hydrogens is 434 g/mol. The standard InChI is InChI=1S/C23H24F2N4O4/c1-13-3-4-29-18(11-15-12-28(5-6-33-15)23(31)32-2)22(27-20(29)7-13)21-16(24)8-14(9-17(21)25)10-19(26)30/h3-4,7-9,15H,5-6,10-12H2,1-2H3,(H2,26,30). The van der Waals surface area contributed by atoms with Gasteiger partial charge in [0.2, 0.25) is 5.91 Å². The number of primary amides is 1. The fraction of sp³-hybridized carbons (Fsp3) is 0.348. The first-order chi connectivity index (χ1) is 15.8. The summed E-state index contributed by atoms with van der Waals surface area (Å²) in [4.78, 5) is 29.2. The van der Waals surface area contributed by atoms with E-state index < -0.39 is 29.7 Å². The van der Waals surface area contributed by atoms with Crippen molar-refractivity contribution in [3.8, 4) is 11.3 Å². The summed E-state index contributed by atoms with van der Waals surface area (Å²) in [6, 6.07) is 5.87. The molecule has 1 atom stereocenters. The molecule has 0 saturated carbocycles. The van der Waals surface area contributed by atoms with Crippen molar-refractivity contribution in [1.29, 1.82) is 0 Å². The Morgan fingerprint density at radius 2 is 2.00 bits per heavy atom. The molecule has 0 radical (unpaired) electrons. The van der Waals surface area contributed by atoms with E-state index in [4.69, 9.17) is 15.2 Å². The number of aromatic nitrogens is 2. The number of methoxy groups -OCH3 is 1. The van der Waals surface area contributed by atoms with Crippen LogP contribution in [0.2, 0.25) is 0 Å². The van der Waals surface area contributed by atoms with Crippen molar-refractivity contribution in [3.63, 3.8) is 0 Å². The van der Waals surface area contributed by atoms with Gasteiger partial charge in [-0.2, -0.15) is 0 Å². The maximum atomic E-state index is 15.1. The Balaban J connectivity index is 1.78. The highest BCUT2D eigenvalue weighted by atomic mass is 19.1. The number of hydrogen-bond acceptors (Lipinski definition) is 5. The normalized spacial score (nSPS) is 16.2. The summed E-state index contributed by atoms with van der Waals surface area (Å²) >= 11 is 0. The van der Waals surface area contributed by atoms with Crippen molar-refractivity contribution in [2.24, 2.45) is 5.73 Å². The van der Waals surface area contributed by atoms with Crippen molar-refractivity contribution in [3.05, 3.63) is 58.9 Å². The van der Waals surface area contributed by atoms with Gasteiger partial charge in [-0.05, 0) is 42.3 Å². The van der Waals surface area contributed by atoms with Crippen LogP contribution in [-0.2, 0) is 27.1 Å². The number of benzene rings is 1. The quantitative estimate of drug-likeness (QED) is 0.634. The van der Waals surface area contributed by atoms with E-state index in [1.165, 1.54) is 12.0 Å². The summed E-state index contributed by atoms with van der Waals surface area (Å²) in [6.07, 6.45) is 0.895. The molecular formula is C23H24F2N4O4. The lowest BCUT2D eigenvalue weighted by molar-refractivity contribution is -0.117. The third-order valence-corrected chi connectivity index (χ3v) is 5.59. The molecule has 1 unspecified atom stereocenters. The molecule has 4 rings (SSSR count). The van der Waals surface area contributed by atoms with E-state index in [0.717, 1.165) is 17.7 Å². The van der Waals surface area contributed by atoms with Crippen LogP contribution in [-0.4, -0.2) is 59.2 Å². The average molecular weight is 458 g/mol. The molecule has 2 aromatic heterocycles. The fourth-order valence-electron chi connectivity index (χ4n) is 4.10. The second-order valence-corrected chi connectivity index (χ2v) is 8.03. The highest BCUT2D eigenvalue weighted by Gasteiger charge is 2.29. The molecule has 0 spiro atoms. The molecule has 3 heterocycles. The number of carbonyl (C=O) groups is 2. The first kappa shape index (κ1) is 22.7. The van der Waals surface area contributed by atoms with Gasteiger partial charge in [-0.25, -0.2) is 18.6 Å². The number of hydrogen-bond donors (Lipinski definition) is 1.